The minimum Gasteiger partial charge on any atom is -0.496 e. The predicted octanol–water partition coefficient (Wildman–Crippen LogP) is 2.39. The fourth-order valence-corrected chi connectivity index (χ4v) is 3.44. The second kappa shape index (κ2) is 10.4. The molecule has 2 N–H and O–H groups in total. The maximum atomic E-state index is 12.6. The summed E-state index contributed by atoms with van der Waals surface area (Å²) in [5.41, 5.74) is 1.18. The third kappa shape index (κ3) is 5.61. The van der Waals surface area contributed by atoms with Crippen molar-refractivity contribution in [2.24, 2.45) is 0 Å². The lowest BCUT2D eigenvalue weighted by Gasteiger charge is -2.33. The lowest BCUT2D eigenvalue weighted by molar-refractivity contribution is -0.122. The van der Waals surface area contributed by atoms with E-state index in [0.717, 1.165) is 25.0 Å². The van der Waals surface area contributed by atoms with Crippen LogP contribution in [-0.2, 0) is 4.79 Å². The second-order valence-electron chi connectivity index (χ2n) is 6.67. The van der Waals surface area contributed by atoms with Gasteiger partial charge in [-0.25, -0.2) is 4.79 Å². The maximum absolute atomic E-state index is 12.6. The Labute approximate surface area is 160 Å². The van der Waals surface area contributed by atoms with Crippen molar-refractivity contribution >= 4 is 11.9 Å². The van der Waals surface area contributed by atoms with Crippen molar-refractivity contribution in [1.82, 2.24) is 15.5 Å². The van der Waals surface area contributed by atoms with Crippen LogP contribution in [-0.4, -0.2) is 49.6 Å². The van der Waals surface area contributed by atoms with Crippen molar-refractivity contribution in [3.8, 4) is 11.8 Å². The number of para-hydroxylation sites is 1. The molecule has 0 bridgehead atoms. The number of nitrogens with one attached hydrogen (secondary N) is 2. The quantitative estimate of drug-likeness (QED) is 0.719. The molecule has 7 heteroatoms. The monoisotopic (exact) mass is 372 g/mol. The zero-order chi connectivity index (χ0) is 19.6. The number of hydrogen-bond donors (Lipinski definition) is 2. The first-order chi connectivity index (χ1) is 13.1. The maximum Gasteiger partial charge on any atom is 0.318 e. The van der Waals surface area contributed by atoms with Gasteiger partial charge in [-0.2, -0.15) is 5.26 Å². The van der Waals surface area contributed by atoms with Crippen LogP contribution in [0, 0.1) is 11.3 Å². The predicted molar refractivity (Wildman–Crippen MR) is 102 cm³/mol. The van der Waals surface area contributed by atoms with Gasteiger partial charge in [0, 0.05) is 13.1 Å². The molecule has 0 aliphatic carbocycles. The first-order valence-electron chi connectivity index (χ1n) is 9.43. The third-order valence-electron chi connectivity index (χ3n) is 4.89. The summed E-state index contributed by atoms with van der Waals surface area (Å²) in [6.45, 7) is 3.16. The van der Waals surface area contributed by atoms with Crippen LogP contribution in [0.15, 0.2) is 24.3 Å². The van der Waals surface area contributed by atoms with Crippen LogP contribution < -0.4 is 15.4 Å². The number of hydrogen-bond acceptors (Lipinski definition) is 4. The molecule has 3 amide bonds. The van der Waals surface area contributed by atoms with Crippen molar-refractivity contribution in [3.63, 3.8) is 0 Å². The highest BCUT2D eigenvalue weighted by atomic mass is 16.5. The largest absolute Gasteiger partial charge is 0.496 e. The van der Waals surface area contributed by atoms with E-state index in [1.807, 2.05) is 31.2 Å². The van der Waals surface area contributed by atoms with Gasteiger partial charge in [-0.1, -0.05) is 31.5 Å². The van der Waals surface area contributed by atoms with Gasteiger partial charge in [0.25, 0.3) is 0 Å². The number of benzene rings is 1. The van der Waals surface area contributed by atoms with Crippen LogP contribution in [0.1, 0.15) is 44.1 Å². The molecule has 27 heavy (non-hydrogen) atoms. The SMILES string of the molecule is CCCC(NC(=O)N1CCC(c2ccccc2OC)CC1)C(=O)NCC#N. The summed E-state index contributed by atoms with van der Waals surface area (Å²) in [7, 11) is 1.67. The van der Waals surface area contributed by atoms with Crippen molar-refractivity contribution in [3.05, 3.63) is 29.8 Å². The molecule has 1 aromatic rings. The van der Waals surface area contributed by atoms with Crippen LogP contribution in [0.4, 0.5) is 4.79 Å². The number of carbonyl (C=O) groups is 2. The molecule has 1 fully saturated rings. The van der Waals surface area contributed by atoms with Gasteiger partial charge in [0.2, 0.25) is 5.91 Å². The van der Waals surface area contributed by atoms with Crippen molar-refractivity contribution < 1.29 is 14.3 Å². The first-order valence-corrected chi connectivity index (χ1v) is 9.43. The van der Waals surface area contributed by atoms with E-state index in [4.69, 9.17) is 10.00 Å². The van der Waals surface area contributed by atoms with E-state index >= 15 is 0 Å². The van der Waals surface area contributed by atoms with E-state index in [1.165, 1.54) is 5.56 Å². The van der Waals surface area contributed by atoms with Crippen molar-refractivity contribution in [2.75, 3.05) is 26.7 Å². The lowest BCUT2D eigenvalue weighted by Crippen LogP contribution is -2.52. The Balaban J connectivity index is 1.91. The van der Waals surface area contributed by atoms with Gasteiger partial charge in [-0.15, -0.1) is 0 Å². The minimum absolute atomic E-state index is 0.0563. The molecule has 1 heterocycles. The van der Waals surface area contributed by atoms with E-state index in [1.54, 1.807) is 12.0 Å². The average Bonchev–Trinajstić information content (AvgIpc) is 2.71. The molecule has 7 nitrogen and oxygen atoms in total. The van der Waals surface area contributed by atoms with E-state index in [9.17, 15) is 9.59 Å². The van der Waals surface area contributed by atoms with Gasteiger partial charge in [-0.05, 0) is 36.8 Å². The molecular weight excluding hydrogens is 344 g/mol. The zero-order valence-electron chi connectivity index (χ0n) is 16.0. The summed E-state index contributed by atoms with van der Waals surface area (Å²) in [5, 5.41) is 13.9. The minimum atomic E-state index is -0.609. The van der Waals surface area contributed by atoms with Gasteiger partial charge >= 0.3 is 6.03 Å². The molecule has 2 rings (SSSR count). The third-order valence-corrected chi connectivity index (χ3v) is 4.89. The molecule has 1 aliphatic rings. The molecule has 0 radical (unpaired) electrons. The molecule has 146 valence electrons. The number of amides is 3. The van der Waals surface area contributed by atoms with Crippen LogP contribution in [0.2, 0.25) is 0 Å². The van der Waals surface area contributed by atoms with Crippen molar-refractivity contribution in [2.45, 2.75) is 44.6 Å². The summed E-state index contributed by atoms with van der Waals surface area (Å²) < 4.78 is 5.45. The van der Waals surface area contributed by atoms with Crippen LogP contribution >= 0.6 is 0 Å². The van der Waals surface area contributed by atoms with Crippen molar-refractivity contribution in [1.29, 1.82) is 5.26 Å². The number of carbonyl (C=O) groups excluding carboxylic acids is 2. The fourth-order valence-electron chi connectivity index (χ4n) is 3.44. The highest BCUT2D eigenvalue weighted by molar-refractivity contribution is 5.87. The molecule has 1 atom stereocenters. The number of likely N-dealkylation sites (tertiary alicyclic amines) is 1. The highest BCUT2D eigenvalue weighted by Gasteiger charge is 2.28. The highest BCUT2D eigenvalue weighted by Crippen LogP contribution is 2.33. The molecular formula is C20H28N4O3. The standard InChI is InChI=1S/C20H28N4O3/c1-3-6-17(19(25)22-12-11-21)23-20(26)24-13-9-15(10-14-24)16-7-4-5-8-18(16)27-2/h4-5,7-8,15,17H,3,6,9-10,12-14H2,1-2H3,(H,22,25)(H,23,26). The summed E-state index contributed by atoms with van der Waals surface area (Å²) in [5.74, 6) is 0.934. The van der Waals surface area contributed by atoms with E-state index in [2.05, 4.69) is 16.7 Å². The average molecular weight is 372 g/mol. The summed E-state index contributed by atoms with van der Waals surface area (Å²) in [6.07, 6.45) is 3.02. The first kappa shape index (κ1) is 20.6. The Morgan fingerprint density at radius 1 is 1.33 bits per heavy atom. The molecule has 1 saturated heterocycles. The Hall–Kier alpha value is -2.75. The van der Waals surface area contributed by atoms with Gasteiger partial charge in [-0.3, -0.25) is 4.79 Å². The Kier molecular flexibility index (Phi) is 7.93. The number of methoxy groups -OCH3 is 1. The normalized spacial score (nSPS) is 15.5. The summed E-state index contributed by atoms with van der Waals surface area (Å²) in [6, 6.07) is 9.05. The molecule has 1 aromatic carbocycles. The summed E-state index contributed by atoms with van der Waals surface area (Å²) in [4.78, 5) is 26.4. The van der Waals surface area contributed by atoms with Crippen LogP contribution in [0.5, 0.6) is 5.75 Å². The topological polar surface area (TPSA) is 94.5 Å². The fraction of sp³-hybridized carbons (Fsp3) is 0.550. The van der Waals surface area contributed by atoms with E-state index in [0.29, 0.717) is 25.4 Å². The number of piperidine rings is 1. The number of ether oxygens (including phenoxy) is 1. The number of urea groups is 1. The molecule has 0 aromatic heterocycles. The number of rotatable bonds is 7. The number of nitrogens with zero attached hydrogens (tertiary/aromatic N) is 2. The smallest absolute Gasteiger partial charge is 0.318 e. The lowest BCUT2D eigenvalue weighted by atomic mass is 9.89. The molecule has 1 unspecified atom stereocenters. The molecule has 0 spiro atoms. The summed E-state index contributed by atoms with van der Waals surface area (Å²) >= 11 is 0. The Morgan fingerprint density at radius 2 is 2.04 bits per heavy atom. The van der Waals surface area contributed by atoms with Gasteiger partial charge < -0.3 is 20.3 Å². The van der Waals surface area contributed by atoms with E-state index in [-0.39, 0.29) is 18.5 Å². The number of nitriles is 1. The van der Waals surface area contributed by atoms with Gasteiger partial charge in [0.1, 0.15) is 18.3 Å². The molecule has 1 aliphatic heterocycles. The van der Waals surface area contributed by atoms with E-state index < -0.39 is 6.04 Å². The van der Waals surface area contributed by atoms with Crippen LogP contribution in [0.3, 0.4) is 0 Å². The molecule has 0 saturated carbocycles. The Bertz CT molecular complexity index is 678. The van der Waals surface area contributed by atoms with Gasteiger partial charge in [0.15, 0.2) is 0 Å². The Morgan fingerprint density at radius 3 is 2.67 bits per heavy atom. The zero-order valence-corrected chi connectivity index (χ0v) is 16.0. The van der Waals surface area contributed by atoms with Gasteiger partial charge in [0.05, 0.1) is 13.2 Å². The second-order valence-corrected chi connectivity index (χ2v) is 6.67. The van der Waals surface area contributed by atoms with Crippen LogP contribution in [0.25, 0.3) is 0 Å².